The van der Waals surface area contributed by atoms with Crippen LogP contribution in [0, 0.1) is 5.92 Å². The number of aliphatic hydroxyl groups excluding tert-OH is 1. The van der Waals surface area contributed by atoms with Gasteiger partial charge in [0.25, 0.3) is 0 Å². The van der Waals surface area contributed by atoms with Gasteiger partial charge in [-0.2, -0.15) is 13.2 Å². The van der Waals surface area contributed by atoms with Crippen LogP contribution in [0.3, 0.4) is 0 Å². The zero-order chi connectivity index (χ0) is 21.8. The number of carbonyl (C=O) groups excluding carboxylic acids is 2. The summed E-state index contributed by atoms with van der Waals surface area (Å²) in [7, 11) is 0. The summed E-state index contributed by atoms with van der Waals surface area (Å²) in [6.07, 6.45) is -6.92. The Morgan fingerprint density at radius 1 is 1.28 bits per heavy atom. The molecule has 0 bridgehead atoms. The predicted octanol–water partition coefficient (Wildman–Crippen LogP) is 1.61. The normalized spacial score (nSPS) is 20.4. The minimum atomic E-state index is -4.89. The largest absolute Gasteiger partial charge is 0.416 e. The number of benzene rings is 1. The summed E-state index contributed by atoms with van der Waals surface area (Å²) < 4.78 is 39.4. The van der Waals surface area contributed by atoms with Crippen molar-refractivity contribution in [2.75, 3.05) is 6.54 Å². The SMILES string of the molecule is CC(C)[C@H](N)C(=O)N1CCC[C@H]1C(=O)N[C@@H](Cc1ccccc1)[C@H](O)C(F)(F)F. The van der Waals surface area contributed by atoms with E-state index in [1.807, 2.05) is 0 Å². The van der Waals surface area contributed by atoms with Gasteiger partial charge in [0.05, 0.1) is 12.1 Å². The summed E-state index contributed by atoms with van der Waals surface area (Å²) in [4.78, 5) is 26.7. The first-order valence-electron chi connectivity index (χ1n) is 9.67. The zero-order valence-corrected chi connectivity index (χ0v) is 16.5. The molecular formula is C20H28F3N3O3. The number of alkyl halides is 3. The maximum atomic E-state index is 13.1. The topological polar surface area (TPSA) is 95.7 Å². The van der Waals surface area contributed by atoms with Crippen molar-refractivity contribution in [1.82, 2.24) is 10.2 Å². The van der Waals surface area contributed by atoms with Crippen molar-refractivity contribution in [1.29, 1.82) is 0 Å². The molecule has 0 aromatic heterocycles. The average molecular weight is 415 g/mol. The highest BCUT2D eigenvalue weighted by atomic mass is 19.4. The molecule has 1 aromatic carbocycles. The van der Waals surface area contributed by atoms with E-state index in [1.54, 1.807) is 44.2 Å². The smallest absolute Gasteiger partial charge is 0.382 e. The first-order valence-corrected chi connectivity index (χ1v) is 9.67. The summed E-state index contributed by atoms with van der Waals surface area (Å²) in [5.41, 5.74) is 6.44. The molecule has 0 saturated carbocycles. The quantitative estimate of drug-likeness (QED) is 0.631. The summed E-state index contributed by atoms with van der Waals surface area (Å²) in [6.45, 7) is 3.88. The molecule has 1 heterocycles. The molecule has 1 saturated heterocycles. The van der Waals surface area contributed by atoms with Crippen LogP contribution in [0.15, 0.2) is 30.3 Å². The van der Waals surface area contributed by atoms with Gasteiger partial charge in [0, 0.05) is 6.54 Å². The lowest BCUT2D eigenvalue weighted by Gasteiger charge is -2.31. The van der Waals surface area contributed by atoms with Gasteiger partial charge < -0.3 is 21.1 Å². The number of rotatable bonds is 7. The second-order valence-corrected chi connectivity index (χ2v) is 7.75. The number of nitrogens with zero attached hydrogens (tertiary/aromatic N) is 1. The molecule has 2 amide bonds. The third kappa shape index (κ3) is 5.93. The summed E-state index contributed by atoms with van der Waals surface area (Å²) >= 11 is 0. The molecule has 4 N–H and O–H groups in total. The molecule has 162 valence electrons. The summed E-state index contributed by atoms with van der Waals surface area (Å²) in [5, 5.41) is 12.1. The molecular weight excluding hydrogens is 387 g/mol. The fraction of sp³-hybridized carbons (Fsp3) is 0.600. The predicted molar refractivity (Wildman–Crippen MR) is 102 cm³/mol. The number of halogens is 3. The van der Waals surface area contributed by atoms with Crippen molar-refractivity contribution in [2.24, 2.45) is 11.7 Å². The van der Waals surface area contributed by atoms with Gasteiger partial charge in [0.2, 0.25) is 11.8 Å². The van der Waals surface area contributed by atoms with Gasteiger partial charge >= 0.3 is 6.18 Å². The van der Waals surface area contributed by atoms with E-state index >= 15 is 0 Å². The van der Waals surface area contributed by atoms with Crippen molar-refractivity contribution < 1.29 is 27.9 Å². The first-order chi connectivity index (χ1) is 13.5. The number of nitrogens with one attached hydrogen (secondary N) is 1. The molecule has 0 spiro atoms. The molecule has 1 aliphatic rings. The van der Waals surface area contributed by atoms with Crippen LogP contribution in [-0.4, -0.2) is 58.8 Å². The van der Waals surface area contributed by atoms with Crippen LogP contribution >= 0.6 is 0 Å². The molecule has 1 aliphatic heterocycles. The lowest BCUT2D eigenvalue weighted by Crippen LogP contribution is -2.57. The fourth-order valence-electron chi connectivity index (χ4n) is 3.40. The Balaban J connectivity index is 2.16. The Morgan fingerprint density at radius 2 is 1.90 bits per heavy atom. The van der Waals surface area contributed by atoms with E-state index in [1.165, 1.54) is 4.90 Å². The van der Waals surface area contributed by atoms with Crippen molar-refractivity contribution in [3.63, 3.8) is 0 Å². The Hall–Kier alpha value is -2.13. The Bertz CT molecular complexity index is 697. The molecule has 0 radical (unpaired) electrons. The highest BCUT2D eigenvalue weighted by Gasteiger charge is 2.45. The molecule has 0 aliphatic carbocycles. The van der Waals surface area contributed by atoms with Crippen LogP contribution in [0.5, 0.6) is 0 Å². The number of hydrogen-bond acceptors (Lipinski definition) is 4. The third-order valence-electron chi connectivity index (χ3n) is 5.18. The molecule has 1 fully saturated rings. The Morgan fingerprint density at radius 3 is 2.45 bits per heavy atom. The molecule has 9 heteroatoms. The highest BCUT2D eigenvalue weighted by Crippen LogP contribution is 2.25. The second kappa shape index (κ2) is 9.58. The number of aliphatic hydroxyl groups is 1. The number of likely N-dealkylation sites (tertiary alicyclic amines) is 1. The van der Waals surface area contributed by atoms with Crippen LogP contribution in [0.2, 0.25) is 0 Å². The minimum absolute atomic E-state index is 0.135. The summed E-state index contributed by atoms with van der Waals surface area (Å²) in [6, 6.07) is 5.04. The lowest BCUT2D eigenvalue weighted by molar-refractivity contribution is -0.212. The highest BCUT2D eigenvalue weighted by molar-refractivity contribution is 5.90. The number of hydrogen-bond donors (Lipinski definition) is 3. The molecule has 4 atom stereocenters. The minimum Gasteiger partial charge on any atom is -0.382 e. The van der Waals surface area contributed by atoms with E-state index in [2.05, 4.69) is 5.32 Å². The van der Waals surface area contributed by atoms with E-state index in [0.717, 1.165) is 0 Å². The van der Waals surface area contributed by atoms with Crippen molar-refractivity contribution in [3.8, 4) is 0 Å². The monoisotopic (exact) mass is 415 g/mol. The zero-order valence-electron chi connectivity index (χ0n) is 16.5. The van der Waals surface area contributed by atoms with Gasteiger partial charge in [0.15, 0.2) is 6.10 Å². The van der Waals surface area contributed by atoms with E-state index in [9.17, 15) is 27.9 Å². The van der Waals surface area contributed by atoms with Crippen molar-refractivity contribution >= 4 is 11.8 Å². The maximum absolute atomic E-state index is 13.1. The van der Waals surface area contributed by atoms with Gasteiger partial charge in [-0.3, -0.25) is 9.59 Å². The molecule has 29 heavy (non-hydrogen) atoms. The first kappa shape index (κ1) is 23.2. The number of nitrogens with two attached hydrogens (primary N) is 1. The van der Waals surface area contributed by atoms with E-state index in [-0.39, 0.29) is 12.3 Å². The molecule has 1 aromatic rings. The summed E-state index contributed by atoms with van der Waals surface area (Å²) in [5.74, 6) is -1.24. The maximum Gasteiger partial charge on any atom is 0.416 e. The third-order valence-corrected chi connectivity index (χ3v) is 5.18. The molecule has 2 rings (SSSR count). The lowest BCUT2D eigenvalue weighted by atomic mass is 10.00. The van der Waals surface area contributed by atoms with Crippen LogP contribution in [0.25, 0.3) is 0 Å². The molecule has 6 nitrogen and oxygen atoms in total. The van der Waals surface area contributed by atoms with Gasteiger partial charge in [0.1, 0.15) is 6.04 Å². The standard InChI is InChI=1S/C20H28F3N3O3/c1-12(2)16(24)19(29)26-10-6-9-15(26)18(28)25-14(17(27)20(21,22)23)11-13-7-4-3-5-8-13/h3-5,7-8,12,14-17,27H,6,9-11,24H2,1-2H3,(H,25,28)/t14-,15-,16-,17-/m0/s1. The Kier molecular flexibility index (Phi) is 7.65. The fourth-order valence-corrected chi connectivity index (χ4v) is 3.40. The van der Waals surface area contributed by atoms with E-state index in [4.69, 9.17) is 5.73 Å². The van der Waals surface area contributed by atoms with E-state index < -0.39 is 42.2 Å². The van der Waals surface area contributed by atoms with Crippen LogP contribution in [0.4, 0.5) is 13.2 Å². The van der Waals surface area contributed by atoms with Gasteiger partial charge in [-0.25, -0.2) is 0 Å². The van der Waals surface area contributed by atoms with Crippen LogP contribution in [0.1, 0.15) is 32.3 Å². The van der Waals surface area contributed by atoms with Crippen molar-refractivity contribution in [2.45, 2.75) is 63.5 Å². The Labute approximate surface area is 168 Å². The van der Waals surface area contributed by atoms with Gasteiger partial charge in [-0.1, -0.05) is 44.2 Å². The number of amides is 2. The van der Waals surface area contributed by atoms with Crippen LogP contribution < -0.4 is 11.1 Å². The van der Waals surface area contributed by atoms with Crippen molar-refractivity contribution in [3.05, 3.63) is 35.9 Å². The van der Waals surface area contributed by atoms with Gasteiger partial charge in [-0.05, 0) is 30.7 Å². The van der Waals surface area contributed by atoms with Gasteiger partial charge in [-0.15, -0.1) is 0 Å². The molecule has 0 unspecified atom stereocenters. The second-order valence-electron chi connectivity index (χ2n) is 7.75. The van der Waals surface area contributed by atoms with E-state index in [0.29, 0.717) is 24.9 Å². The van der Waals surface area contributed by atoms with Crippen LogP contribution in [-0.2, 0) is 16.0 Å². The average Bonchev–Trinajstić information content (AvgIpc) is 3.15. The number of carbonyl (C=O) groups is 2.